The first-order valence-corrected chi connectivity index (χ1v) is 12.9. The first-order valence-electron chi connectivity index (χ1n) is 12.9. The van der Waals surface area contributed by atoms with Crippen LogP contribution in [-0.4, -0.2) is 31.9 Å². The van der Waals surface area contributed by atoms with E-state index in [0.717, 1.165) is 34.2 Å². The summed E-state index contributed by atoms with van der Waals surface area (Å²) in [6, 6.07) is 26.7. The molecule has 3 aromatic carbocycles. The standard InChI is InChI=1S/C31H28FN5O2/c1-3-39-26-16-14-24(15-17-26)33-31(38)36-20-27-21(2)34-37(25-11-5-4-6-12-25)30(27)35-18-8-13-28(35)29(36)22-9-7-10-23(32)19-22/h4-19,29H,3,20H2,1-2H3,(H,33,38)/t29-/m1/s1. The number of carbonyl (C=O) groups excluding carboxylic acids is 1. The summed E-state index contributed by atoms with van der Waals surface area (Å²) >= 11 is 0. The molecular weight excluding hydrogens is 493 g/mol. The lowest BCUT2D eigenvalue weighted by Crippen LogP contribution is -2.38. The van der Waals surface area contributed by atoms with Crippen LogP contribution in [0.15, 0.2) is 97.2 Å². The Bertz CT molecular complexity index is 1620. The summed E-state index contributed by atoms with van der Waals surface area (Å²) in [5, 5.41) is 7.90. The number of aromatic nitrogens is 3. The van der Waals surface area contributed by atoms with Gasteiger partial charge in [0.25, 0.3) is 0 Å². The highest BCUT2D eigenvalue weighted by molar-refractivity contribution is 5.90. The Morgan fingerprint density at radius 3 is 2.56 bits per heavy atom. The molecule has 0 bridgehead atoms. The van der Waals surface area contributed by atoms with Gasteiger partial charge in [0.05, 0.1) is 36.3 Å². The van der Waals surface area contributed by atoms with Gasteiger partial charge in [-0.3, -0.25) is 0 Å². The van der Waals surface area contributed by atoms with Gasteiger partial charge in [-0.25, -0.2) is 13.9 Å². The van der Waals surface area contributed by atoms with E-state index >= 15 is 0 Å². The van der Waals surface area contributed by atoms with E-state index < -0.39 is 6.04 Å². The van der Waals surface area contributed by atoms with Crippen molar-refractivity contribution in [1.82, 2.24) is 19.2 Å². The molecule has 1 N–H and O–H groups in total. The van der Waals surface area contributed by atoms with E-state index in [1.807, 2.05) is 97.5 Å². The number of hydrogen-bond donors (Lipinski definition) is 1. The van der Waals surface area contributed by atoms with Crippen LogP contribution in [0.5, 0.6) is 5.75 Å². The van der Waals surface area contributed by atoms with E-state index in [0.29, 0.717) is 17.9 Å². The van der Waals surface area contributed by atoms with Gasteiger partial charge in [0.15, 0.2) is 0 Å². The maximum absolute atomic E-state index is 14.5. The van der Waals surface area contributed by atoms with Crippen molar-refractivity contribution in [3.63, 3.8) is 0 Å². The van der Waals surface area contributed by atoms with Gasteiger partial charge in [-0.05, 0) is 80.1 Å². The number of aryl methyl sites for hydroxylation is 1. The van der Waals surface area contributed by atoms with E-state index in [1.165, 1.54) is 12.1 Å². The van der Waals surface area contributed by atoms with Gasteiger partial charge in [0.1, 0.15) is 17.4 Å². The Morgan fingerprint density at radius 2 is 1.82 bits per heavy atom. The number of rotatable bonds is 5. The predicted octanol–water partition coefficient (Wildman–Crippen LogP) is 6.65. The second-order valence-corrected chi connectivity index (χ2v) is 9.41. The Labute approximate surface area is 226 Å². The van der Waals surface area contributed by atoms with Crippen LogP contribution < -0.4 is 10.1 Å². The van der Waals surface area contributed by atoms with Crippen LogP contribution in [-0.2, 0) is 6.54 Å². The number of amides is 2. The van der Waals surface area contributed by atoms with E-state index in [1.54, 1.807) is 11.0 Å². The SMILES string of the molecule is CCOc1ccc(NC(=O)N2Cc3c(C)nn(-c4ccccc4)c3-n3cccc3[C@H]2c2cccc(F)c2)cc1. The van der Waals surface area contributed by atoms with E-state index in [2.05, 4.69) is 9.88 Å². The number of anilines is 1. The highest BCUT2D eigenvalue weighted by Gasteiger charge is 2.36. The highest BCUT2D eigenvalue weighted by atomic mass is 19.1. The first kappa shape index (κ1) is 24.5. The molecule has 0 radical (unpaired) electrons. The number of halogens is 1. The highest BCUT2D eigenvalue weighted by Crippen LogP contribution is 2.39. The number of benzene rings is 3. The normalized spacial score (nSPS) is 14.3. The van der Waals surface area contributed by atoms with Gasteiger partial charge in [0.2, 0.25) is 0 Å². The van der Waals surface area contributed by atoms with Crippen molar-refractivity contribution in [3.05, 3.63) is 126 Å². The summed E-state index contributed by atoms with van der Waals surface area (Å²) in [4.78, 5) is 15.7. The minimum absolute atomic E-state index is 0.278. The van der Waals surface area contributed by atoms with Gasteiger partial charge >= 0.3 is 6.03 Å². The largest absolute Gasteiger partial charge is 0.494 e. The minimum Gasteiger partial charge on any atom is -0.494 e. The molecule has 1 atom stereocenters. The molecule has 8 heteroatoms. The fourth-order valence-electron chi connectivity index (χ4n) is 5.17. The van der Waals surface area contributed by atoms with Gasteiger partial charge in [-0.15, -0.1) is 0 Å². The Morgan fingerprint density at radius 1 is 1.03 bits per heavy atom. The van der Waals surface area contributed by atoms with Crippen molar-refractivity contribution in [3.8, 4) is 17.3 Å². The summed E-state index contributed by atoms with van der Waals surface area (Å²) in [6.45, 7) is 4.71. The summed E-state index contributed by atoms with van der Waals surface area (Å²) in [6.07, 6.45) is 1.97. The average molecular weight is 522 g/mol. The number of nitrogens with zero attached hydrogens (tertiary/aromatic N) is 4. The van der Waals surface area contributed by atoms with Crippen molar-refractivity contribution in [2.45, 2.75) is 26.4 Å². The number of para-hydroxylation sites is 1. The number of fused-ring (bicyclic) bond motifs is 3. The van der Waals surface area contributed by atoms with Gasteiger partial charge in [0, 0.05) is 17.4 Å². The molecule has 3 heterocycles. The van der Waals surface area contributed by atoms with Crippen molar-refractivity contribution in [2.75, 3.05) is 11.9 Å². The second kappa shape index (κ2) is 10.1. The third-order valence-corrected chi connectivity index (χ3v) is 6.93. The topological polar surface area (TPSA) is 64.3 Å². The molecule has 2 amide bonds. The molecular formula is C31H28FN5O2. The Balaban J connectivity index is 1.48. The fraction of sp³-hybridized carbons (Fsp3) is 0.161. The second-order valence-electron chi connectivity index (χ2n) is 9.41. The molecule has 5 aromatic rings. The number of ether oxygens (including phenoxy) is 1. The molecule has 0 saturated carbocycles. The van der Waals surface area contributed by atoms with E-state index in [9.17, 15) is 9.18 Å². The summed E-state index contributed by atoms with van der Waals surface area (Å²) in [5.41, 5.74) is 4.79. The van der Waals surface area contributed by atoms with Crippen molar-refractivity contribution < 1.29 is 13.9 Å². The lowest BCUT2D eigenvalue weighted by atomic mass is 10.0. The van der Waals surface area contributed by atoms with Gasteiger partial charge in [-0.2, -0.15) is 5.10 Å². The van der Waals surface area contributed by atoms with Crippen LogP contribution in [0.3, 0.4) is 0 Å². The molecule has 7 nitrogen and oxygen atoms in total. The third kappa shape index (κ3) is 4.54. The fourth-order valence-corrected chi connectivity index (χ4v) is 5.17. The summed E-state index contributed by atoms with van der Waals surface area (Å²) < 4.78 is 24.0. The molecule has 0 spiro atoms. The molecule has 0 aliphatic carbocycles. The zero-order valence-corrected chi connectivity index (χ0v) is 21.7. The maximum atomic E-state index is 14.5. The van der Waals surface area contributed by atoms with Crippen molar-refractivity contribution >= 4 is 11.7 Å². The van der Waals surface area contributed by atoms with E-state index in [4.69, 9.17) is 9.84 Å². The molecule has 1 aliphatic rings. The number of hydrogen-bond acceptors (Lipinski definition) is 3. The van der Waals surface area contributed by atoms with E-state index in [-0.39, 0.29) is 18.4 Å². The van der Waals surface area contributed by atoms with Crippen LogP contribution in [0.1, 0.15) is 35.5 Å². The molecule has 0 saturated heterocycles. The monoisotopic (exact) mass is 521 g/mol. The molecule has 196 valence electrons. The van der Waals surface area contributed by atoms with Crippen LogP contribution in [0.2, 0.25) is 0 Å². The lowest BCUT2D eigenvalue weighted by molar-refractivity contribution is 0.194. The first-order chi connectivity index (χ1) is 19.0. The zero-order valence-electron chi connectivity index (χ0n) is 21.7. The third-order valence-electron chi connectivity index (χ3n) is 6.93. The smallest absolute Gasteiger partial charge is 0.322 e. The average Bonchev–Trinajstić information content (AvgIpc) is 3.50. The number of carbonyl (C=O) groups is 1. The van der Waals surface area contributed by atoms with Crippen molar-refractivity contribution in [1.29, 1.82) is 0 Å². The molecule has 39 heavy (non-hydrogen) atoms. The number of urea groups is 1. The molecule has 6 rings (SSSR count). The van der Waals surface area contributed by atoms with Crippen LogP contribution in [0.25, 0.3) is 11.5 Å². The van der Waals surface area contributed by atoms with Crippen LogP contribution >= 0.6 is 0 Å². The van der Waals surface area contributed by atoms with Crippen molar-refractivity contribution in [2.24, 2.45) is 0 Å². The quantitative estimate of drug-likeness (QED) is 0.282. The molecule has 0 fully saturated rings. The minimum atomic E-state index is -0.547. The van der Waals surface area contributed by atoms with Gasteiger partial charge < -0.3 is 19.5 Å². The Kier molecular flexibility index (Phi) is 6.36. The molecule has 0 unspecified atom stereocenters. The van der Waals surface area contributed by atoms with Crippen LogP contribution in [0, 0.1) is 12.7 Å². The summed E-state index contributed by atoms with van der Waals surface area (Å²) in [7, 11) is 0. The zero-order chi connectivity index (χ0) is 26.9. The Hall–Kier alpha value is -4.85. The molecule has 1 aliphatic heterocycles. The van der Waals surface area contributed by atoms with Crippen LogP contribution in [0.4, 0.5) is 14.9 Å². The lowest BCUT2D eigenvalue weighted by Gasteiger charge is -2.31. The summed E-state index contributed by atoms with van der Waals surface area (Å²) in [5.74, 6) is 1.23. The maximum Gasteiger partial charge on any atom is 0.322 e. The molecule has 2 aromatic heterocycles. The van der Waals surface area contributed by atoms with Gasteiger partial charge in [-0.1, -0.05) is 30.3 Å². The number of nitrogens with one attached hydrogen (secondary N) is 1. The predicted molar refractivity (Wildman–Crippen MR) is 148 cm³/mol.